The second kappa shape index (κ2) is 6.89. The molecule has 0 saturated carbocycles. The Bertz CT molecular complexity index is 390. The van der Waals surface area contributed by atoms with Gasteiger partial charge in [-0.3, -0.25) is 4.79 Å². The first kappa shape index (κ1) is 14.4. The zero-order valence-corrected chi connectivity index (χ0v) is 11.1. The molecule has 0 radical (unpaired) electrons. The summed E-state index contributed by atoms with van der Waals surface area (Å²) in [4.78, 5) is 10.7. The Hall–Kier alpha value is -1.71. The van der Waals surface area contributed by atoms with Crippen LogP contribution in [-0.4, -0.2) is 23.7 Å². The molecule has 18 heavy (non-hydrogen) atoms. The van der Waals surface area contributed by atoms with Crippen molar-refractivity contribution in [1.82, 2.24) is 0 Å². The van der Waals surface area contributed by atoms with Gasteiger partial charge in [0.2, 0.25) is 0 Å². The minimum Gasteiger partial charge on any atom is -0.489 e. The Morgan fingerprint density at radius 3 is 2.61 bits per heavy atom. The van der Waals surface area contributed by atoms with Crippen molar-refractivity contribution in [2.75, 3.05) is 11.9 Å². The fourth-order valence-corrected chi connectivity index (χ4v) is 1.52. The molecule has 0 heterocycles. The molecule has 0 aliphatic rings. The number of carboxylic acids is 1. The Labute approximate surface area is 108 Å². The van der Waals surface area contributed by atoms with Gasteiger partial charge in [-0.15, -0.1) is 0 Å². The molecule has 1 rings (SSSR count). The summed E-state index contributed by atoms with van der Waals surface area (Å²) < 4.78 is 5.67. The van der Waals surface area contributed by atoms with Crippen LogP contribution in [0.25, 0.3) is 0 Å². The van der Waals surface area contributed by atoms with Gasteiger partial charge in [0.25, 0.3) is 0 Å². The molecule has 0 saturated heterocycles. The van der Waals surface area contributed by atoms with Crippen molar-refractivity contribution in [1.29, 1.82) is 0 Å². The number of benzene rings is 1. The molecule has 0 fully saturated rings. The van der Waals surface area contributed by atoms with E-state index in [1.165, 1.54) is 0 Å². The fraction of sp³-hybridized carbons (Fsp3) is 0.500. The smallest absolute Gasteiger partial charge is 0.306 e. The number of ether oxygens (including phenoxy) is 1. The van der Waals surface area contributed by atoms with E-state index in [-0.39, 0.29) is 12.0 Å². The summed E-state index contributed by atoms with van der Waals surface area (Å²) >= 11 is 0. The zero-order valence-electron chi connectivity index (χ0n) is 11.1. The summed E-state index contributed by atoms with van der Waals surface area (Å²) in [6, 6.07) is 7.69. The molecular weight excluding hydrogens is 230 g/mol. The number of carbonyl (C=O) groups is 1. The molecule has 2 N–H and O–H groups in total. The molecule has 1 atom stereocenters. The van der Waals surface area contributed by atoms with Crippen molar-refractivity contribution >= 4 is 11.7 Å². The first-order valence-electron chi connectivity index (χ1n) is 6.23. The summed E-state index contributed by atoms with van der Waals surface area (Å²) in [6.45, 7) is 6.28. The molecule has 1 aromatic carbocycles. The first-order valence-corrected chi connectivity index (χ1v) is 6.23. The van der Waals surface area contributed by atoms with Crippen molar-refractivity contribution < 1.29 is 14.6 Å². The van der Waals surface area contributed by atoms with Gasteiger partial charge in [-0.05, 0) is 32.4 Å². The molecule has 1 unspecified atom stereocenters. The van der Waals surface area contributed by atoms with Crippen LogP contribution in [0.4, 0.5) is 5.69 Å². The average molecular weight is 251 g/mol. The van der Waals surface area contributed by atoms with Gasteiger partial charge in [-0.1, -0.05) is 19.1 Å². The van der Waals surface area contributed by atoms with Crippen molar-refractivity contribution in [3.05, 3.63) is 24.3 Å². The third-order valence-corrected chi connectivity index (χ3v) is 2.56. The second-order valence-corrected chi connectivity index (χ2v) is 4.62. The minimum absolute atomic E-state index is 0.117. The fourth-order valence-electron chi connectivity index (χ4n) is 1.52. The van der Waals surface area contributed by atoms with E-state index in [1.807, 2.05) is 38.1 Å². The van der Waals surface area contributed by atoms with Gasteiger partial charge in [-0.2, -0.15) is 0 Å². The van der Waals surface area contributed by atoms with E-state index in [2.05, 4.69) is 5.32 Å². The van der Waals surface area contributed by atoms with Gasteiger partial charge < -0.3 is 15.2 Å². The van der Waals surface area contributed by atoms with Gasteiger partial charge in [0.1, 0.15) is 5.75 Å². The summed E-state index contributed by atoms with van der Waals surface area (Å²) in [5, 5.41) is 12.0. The Morgan fingerprint density at radius 2 is 2.00 bits per heavy atom. The summed E-state index contributed by atoms with van der Waals surface area (Å²) in [5.74, 6) is -0.297. The van der Waals surface area contributed by atoms with E-state index in [4.69, 9.17) is 9.84 Å². The lowest BCUT2D eigenvalue weighted by Crippen LogP contribution is -2.15. The highest BCUT2D eigenvalue weighted by Gasteiger charge is 2.10. The van der Waals surface area contributed by atoms with Crippen LogP contribution in [0, 0.1) is 5.92 Å². The third-order valence-electron chi connectivity index (χ3n) is 2.56. The molecule has 0 amide bonds. The summed E-state index contributed by atoms with van der Waals surface area (Å²) in [5.41, 5.74) is 0.906. The molecule has 1 aromatic rings. The second-order valence-electron chi connectivity index (χ2n) is 4.62. The quantitative estimate of drug-likeness (QED) is 0.782. The van der Waals surface area contributed by atoms with Gasteiger partial charge in [-0.25, -0.2) is 0 Å². The number of aliphatic carboxylic acids is 1. The maximum absolute atomic E-state index is 10.7. The Morgan fingerprint density at radius 1 is 1.33 bits per heavy atom. The van der Waals surface area contributed by atoms with Crippen LogP contribution < -0.4 is 10.1 Å². The van der Waals surface area contributed by atoms with E-state index >= 15 is 0 Å². The average Bonchev–Trinajstić information content (AvgIpc) is 2.30. The van der Waals surface area contributed by atoms with Crippen molar-refractivity contribution in [2.24, 2.45) is 5.92 Å². The molecule has 0 bridgehead atoms. The van der Waals surface area contributed by atoms with E-state index in [0.29, 0.717) is 13.0 Å². The largest absolute Gasteiger partial charge is 0.489 e. The van der Waals surface area contributed by atoms with Crippen LogP contribution >= 0.6 is 0 Å². The lowest BCUT2D eigenvalue weighted by atomic mass is 10.1. The number of hydrogen-bond acceptors (Lipinski definition) is 3. The number of hydrogen-bond donors (Lipinski definition) is 2. The van der Waals surface area contributed by atoms with Gasteiger partial charge in [0.15, 0.2) is 0 Å². The highest BCUT2D eigenvalue weighted by Crippen LogP contribution is 2.24. The van der Waals surface area contributed by atoms with Gasteiger partial charge in [0, 0.05) is 6.54 Å². The predicted octanol–water partition coefficient (Wildman–Crippen LogP) is 3.00. The summed E-state index contributed by atoms with van der Waals surface area (Å²) in [7, 11) is 0. The molecule has 4 heteroatoms. The normalized spacial score (nSPS) is 12.2. The lowest BCUT2D eigenvalue weighted by Gasteiger charge is -2.15. The van der Waals surface area contributed by atoms with Crippen molar-refractivity contribution in [3.8, 4) is 5.75 Å². The van der Waals surface area contributed by atoms with Crippen molar-refractivity contribution in [2.45, 2.75) is 33.3 Å². The maximum atomic E-state index is 10.7. The highest BCUT2D eigenvalue weighted by molar-refractivity contribution is 5.69. The van der Waals surface area contributed by atoms with Crippen LogP contribution in [0.5, 0.6) is 5.75 Å². The first-order chi connectivity index (χ1) is 8.50. The topological polar surface area (TPSA) is 58.6 Å². The van der Waals surface area contributed by atoms with Crippen LogP contribution in [0.15, 0.2) is 24.3 Å². The SMILES string of the molecule is CC(C)Oc1ccccc1NCCC(C)C(=O)O. The van der Waals surface area contributed by atoms with E-state index in [9.17, 15) is 4.79 Å². The molecule has 0 spiro atoms. The van der Waals surface area contributed by atoms with Crippen LogP contribution in [0.2, 0.25) is 0 Å². The number of carboxylic acid groups (broad SMARTS) is 1. The molecule has 100 valence electrons. The van der Waals surface area contributed by atoms with Crippen molar-refractivity contribution in [3.63, 3.8) is 0 Å². The maximum Gasteiger partial charge on any atom is 0.306 e. The van der Waals surface area contributed by atoms with E-state index < -0.39 is 5.97 Å². The molecule has 0 aromatic heterocycles. The lowest BCUT2D eigenvalue weighted by molar-refractivity contribution is -0.141. The Balaban J connectivity index is 2.53. The number of para-hydroxylation sites is 2. The highest BCUT2D eigenvalue weighted by atomic mass is 16.5. The number of rotatable bonds is 7. The predicted molar refractivity (Wildman–Crippen MR) is 72.1 cm³/mol. The monoisotopic (exact) mass is 251 g/mol. The van der Waals surface area contributed by atoms with E-state index in [1.54, 1.807) is 6.92 Å². The standard InChI is InChI=1S/C14H21NO3/c1-10(2)18-13-7-5-4-6-12(13)15-9-8-11(3)14(16)17/h4-7,10-11,15H,8-9H2,1-3H3,(H,16,17). The zero-order chi connectivity index (χ0) is 13.5. The van der Waals surface area contributed by atoms with Crippen LogP contribution in [-0.2, 0) is 4.79 Å². The molecular formula is C14H21NO3. The van der Waals surface area contributed by atoms with Gasteiger partial charge in [0.05, 0.1) is 17.7 Å². The Kier molecular flexibility index (Phi) is 5.49. The van der Waals surface area contributed by atoms with E-state index in [0.717, 1.165) is 11.4 Å². The number of anilines is 1. The summed E-state index contributed by atoms with van der Waals surface area (Å²) in [6.07, 6.45) is 0.705. The minimum atomic E-state index is -0.761. The third kappa shape index (κ3) is 4.65. The molecule has 4 nitrogen and oxygen atoms in total. The van der Waals surface area contributed by atoms with Gasteiger partial charge >= 0.3 is 5.97 Å². The van der Waals surface area contributed by atoms with Crippen LogP contribution in [0.1, 0.15) is 27.2 Å². The number of nitrogens with one attached hydrogen (secondary N) is 1. The van der Waals surface area contributed by atoms with Crippen LogP contribution in [0.3, 0.4) is 0 Å². The molecule has 0 aliphatic carbocycles. The molecule has 0 aliphatic heterocycles.